The first kappa shape index (κ1) is 10.3. The Bertz CT molecular complexity index is 207. The predicted octanol–water partition coefficient (Wildman–Crippen LogP) is 2.82. The van der Waals surface area contributed by atoms with Gasteiger partial charge in [0.15, 0.2) is 0 Å². The molecule has 0 spiro atoms. The van der Waals surface area contributed by atoms with Crippen LogP contribution in [-0.4, -0.2) is 12.6 Å². The summed E-state index contributed by atoms with van der Waals surface area (Å²) in [6, 6.07) is 0.600. The van der Waals surface area contributed by atoms with Gasteiger partial charge in [-0.3, -0.25) is 0 Å². The summed E-state index contributed by atoms with van der Waals surface area (Å²) in [5, 5.41) is 3.52. The fourth-order valence-corrected chi connectivity index (χ4v) is 1.64. The molecule has 0 aromatic rings. The Labute approximate surface area is 81.2 Å². The van der Waals surface area contributed by atoms with Crippen molar-refractivity contribution in [1.29, 1.82) is 0 Å². The molecule has 1 atom stereocenters. The number of nitrogens with one attached hydrogen (secondary N) is 1. The van der Waals surface area contributed by atoms with Crippen LogP contribution in [0.2, 0.25) is 0 Å². The lowest BCUT2D eigenvalue weighted by Crippen LogP contribution is -2.34. The van der Waals surface area contributed by atoms with Crippen molar-refractivity contribution in [1.82, 2.24) is 5.32 Å². The van der Waals surface area contributed by atoms with Gasteiger partial charge in [0.05, 0.1) is 0 Å². The molecule has 1 rings (SSSR count). The van der Waals surface area contributed by atoms with Crippen LogP contribution in [0.1, 0.15) is 26.2 Å². The Morgan fingerprint density at radius 2 is 2.23 bits per heavy atom. The second-order valence-corrected chi connectivity index (χ2v) is 3.53. The van der Waals surface area contributed by atoms with Crippen molar-refractivity contribution in [2.45, 2.75) is 32.2 Å². The van der Waals surface area contributed by atoms with Crippen LogP contribution in [0.5, 0.6) is 0 Å². The van der Waals surface area contributed by atoms with Gasteiger partial charge in [-0.25, -0.2) is 0 Å². The van der Waals surface area contributed by atoms with E-state index in [4.69, 9.17) is 0 Å². The van der Waals surface area contributed by atoms with E-state index in [1.54, 1.807) is 6.08 Å². The molecule has 0 bridgehead atoms. The molecular weight excluding hydrogens is 158 g/mol. The molecule has 1 heteroatoms. The molecule has 1 saturated heterocycles. The van der Waals surface area contributed by atoms with Gasteiger partial charge < -0.3 is 5.32 Å². The van der Waals surface area contributed by atoms with Crippen LogP contribution in [0.4, 0.5) is 0 Å². The van der Waals surface area contributed by atoms with E-state index in [2.05, 4.69) is 31.0 Å². The molecule has 72 valence electrons. The van der Waals surface area contributed by atoms with Crippen LogP contribution in [0.25, 0.3) is 0 Å². The van der Waals surface area contributed by atoms with Crippen LogP contribution in [0.3, 0.4) is 0 Å². The summed E-state index contributed by atoms with van der Waals surface area (Å²) < 4.78 is 0. The molecule has 0 aliphatic carbocycles. The molecule has 0 aromatic carbocycles. The van der Waals surface area contributed by atoms with Crippen molar-refractivity contribution in [3.63, 3.8) is 0 Å². The summed E-state index contributed by atoms with van der Waals surface area (Å²) in [6.07, 6.45) is 12.0. The molecule has 0 aromatic heterocycles. The first-order valence-corrected chi connectivity index (χ1v) is 5.04. The fraction of sp³-hybridized carbons (Fsp3) is 0.500. The number of allylic oxidation sites excluding steroid dienone is 4. The SMILES string of the molecule is C=C/C=C\C=C(/C)C1CCCCN1. The highest BCUT2D eigenvalue weighted by molar-refractivity contribution is 5.18. The quantitative estimate of drug-likeness (QED) is 0.654. The number of piperidine rings is 1. The van der Waals surface area contributed by atoms with Crippen molar-refractivity contribution in [2.24, 2.45) is 0 Å². The van der Waals surface area contributed by atoms with Crippen molar-refractivity contribution in [3.8, 4) is 0 Å². The zero-order valence-electron chi connectivity index (χ0n) is 8.42. The molecule has 1 fully saturated rings. The number of hydrogen-bond acceptors (Lipinski definition) is 1. The monoisotopic (exact) mass is 177 g/mol. The van der Waals surface area contributed by atoms with E-state index >= 15 is 0 Å². The molecule has 13 heavy (non-hydrogen) atoms. The van der Waals surface area contributed by atoms with Crippen molar-refractivity contribution in [3.05, 3.63) is 36.5 Å². The molecule has 1 unspecified atom stereocenters. The minimum Gasteiger partial charge on any atom is -0.310 e. The van der Waals surface area contributed by atoms with E-state index in [0.717, 1.165) is 0 Å². The number of hydrogen-bond donors (Lipinski definition) is 1. The predicted molar refractivity (Wildman–Crippen MR) is 58.7 cm³/mol. The zero-order valence-corrected chi connectivity index (χ0v) is 8.42. The molecule has 0 amide bonds. The van der Waals surface area contributed by atoms with Gasteiger partial charge in [0, 0.05) is 6.04 Å². The topological polar surface area (TPSA) is 12.0 Å². The average molecular weight is 177 g/mol. The van der Waals surface area contributed by atoms with Gasteiger partial charge in [0.1, 0.15) is 0 Å². The Morgan fingerprint density at radius 1 is 1.38 bits per heavy atom. The summed E-state index contributed by atoms with van der Waals surface area (Å²) in [6.45, 7) is 7.00. The standard InChI is InChI=1S/C12H19N/c1-3-4-5-8-11(2)12-9-6-7-10-13-12/h3-5,8,12-13H,1,6-7,9-10H2,2H3/b5-4-,11-8+. The third-order valence-electron chi connectivity index (χ3n) is 2.47. The molecule has 0 radical (unpaired) electrons. The Kier molecular flexibility index (Phi) is 4.55. The molecule has 1 aliphatic heterocycles. The Morgan fingerprint density at radius 3 is 2.85 bits per heavy atom. The number of rotatable bonds is 3. The van der Waals surface area contributed by atoms with E-state index in [-0.39, 0.29) is 0 Å². The van der Waals surface area contributed by atoms with Gasteiger partial charge in [-0.15, -0.1) is 0 Å². The van der Waals surface area contributed by atoms with Crippen LogP contribution in [-0.2, 0) is 0 Å². The van der Waals surface area contributed by atoms with E-state index < -0.39 is 0 Å². The molecule has 1 N–H and O–H groups in total. The highest BCUT2D eigenvalue weighted by Gasteiger charge is 2.12. The van der Waals surface area contributed by atoms with Gasteiger partial charge in [0.25, 0.3) is 0 Å². The van der Waals surface area contributed by atoms with E-state index in [0.29, 0.717) is 6.04 Å². The maximum Gasteiger partial charge on any atom is 0.0279 e. The maximum atomic E-state index is 3.64. The van der Waals surface area contributed by atoms with E-state index in [9.17, 15) is 0 Å². The summed E-state index contributed by atoms with van der Waals surface area (Å²) in [5.41, 5.74) is 1.43. The zero-order chi connectivity index (χ0) is 9.52. The van der Waals surface area contributed by atoms with Gasteiger partial charge in [-0.2, -0.15) is 0 Å². The summed E-state index contributed by atoms with van der Waals surface area (Å²) in [5.74, 6) is 0. The van der Waals surface area contributed by atoms with Gasteiger partial charge in [0.2, 0.25) is 0 Å². The van der Waals surface area contributed by atoms with Crippen molar-refractivity contribution in [2.75, 3.05) is 6.54 Å². The smallest absolute Gasteiger partial charge is 0.0279 e. The third-order valence-corrected chi connectivity index (χ3v) is 2.47. The Hall–Kier alpha value is -0.820. The average Bonchev–Trinajstić information content (AvgIpc) is 2.19. The lowest BCUT2D eigenvalue weighted by Gasteiger charge is -2.23. The summed E-state index contributed by atoms with van der Waals surface area (Å²) in [4.78, 5) is 0. The molecule has 1 aliphatic rings. The second-order valence-electron chi connectivity index (χ2n) is 3.53. The van der Waals surface area contributed by atoms with E-state index in [1.807, 2.05) is 6.08 Å². The van der Waals surface area contributed by atoms with Gasteiger partial charge in [-0.05, 0) is 26.3 Å². The maximum absolute atomic E-state index is 3.64. The first-order chi connectivity index (χ1) is 6.34. The van der Waals surface area contributed by atoms with Gasteiger partial charge >= 0.3 is 0 Å². The largest absolute Gasteiger partial charge is 0.310 e. The lowest BCUT2D eigenvalue weighted by molar-refractivity contribution is 0.440. The lowest BCUT2D eigenvalue weighted by atomic mass is 9.98. The third kappa shape index (κ3) is 3.60. The van der Waals surface area contributed by atoms with E-state index in [1.165, 1.54) is 31.4 Å². The second kappa shape index (κ2) is 5.76. The van der Waals surface area contributed by atoms with Crippen LogP contribution >= 0.6 is 0 Å². The minimum absolute atomic E-state index is 0.600. The highest BCUT2D eigenvalue weighted by atomic mass is 14.9. The van der Waals surface area contributed by atoms with Gasteiger partial charge in [-0.1, -0.05) is 42.9 Å². The Balaban J connectivity index is 2.44. The molecule has 1 nitrogen and oxygen atoms in total. The van der Waals surface area contributed by atoms with Crippen LogP contribution in [0.15, 0.2) is 36.5 Å². The highest BCUT2D eigenvalue weighted by Crippen LogP contribution is 2.14. The fourth-order valence-electron chi connectivity index (χ4n) is 1.64. The summed E-state index contributed by atoms with van der Waals surface area (Å²) in [7, 11) is 0. The minimum atomic E-state index is 0.600. The molecular formula is C12H19N. The summed E-state index contributed by atoms with van der Waals surface area (Å²) >= 11 is 0. The molecule has 1 heterocycles. The normalized spacial score (nSPS) is 25.0. The van der Waals surface area contributed by atoms with Crippen LogP contribution in [0, 0.1) is 0 Å². The van der Waals surface area contributed by atoms with Crippen molar-refractivity contribution < 1.29 is 0 Å². The first-order valence-electron chi connectivity index (χ1n) is 5.04. The van der Waals surface area contributed by atoms with Crippen molar-refractivity contribution >= 4 is 0 Å². The van der Waals surface area contributed by atoms with Crippen LogP contribution < -0.4 is 5.32 Å². The molecule has 0 saturated carbocycles.